The molecule has 0 bridgehead atoms. The molecule has 10 heteroatoms. The molecule has 0 saturated carbocycles. The average Bonchev–Trinajstić information content (AvgIpc) is 3.57. The lowest BCUT2D eigenvalue weighted by molar-refractivity contribution is 0.0495. The van der Waals surface area contributed by atoms with Crippen LogP contribution in [0.1, 0.15) is 48.2 Å². The van der Waals surface area contributed by atoms with Crippen molar-refractivity contribution in [1.82, 2.24) is 20.1 Å². The Morgan fingerprint density at radius 3 is 1.98 bits per heavy atom. The van der Waals surface area contributed by atoms with Gasteiger partial charge >= 0.3 is 12.2 Å². The minimum absolute atomic E-state index is 0.0974. The second kappa shape index (κ2) is 12.5. The van der Waals surface area contributed by atoms with E-state index in [9.17, 15) is 19.2 Å². The van der Waals surface area contributed by atoms with E-state index >= 15 is 0 Å². The number of nitrogens with zero attached hydrogens (tertiary/aromatic N) is 2. The van der Waals surface area contributed by atoms with Crippen LogP contribution in [0.15, 0.2) is 102 Å². The first kappa shape index (κ1) is 30.6. The number of carbonyl (C=O) groups is 3. The first-order valence-electron chi connectivity index (χ1n) is 15.3. The molecule has 2 N–H and O–H groups in total. The highest BCUT2D eigenvalue weighted by molar-refractivity contribution is 5.94. The van der Waals surface area contributed by atoms with E-state index in [1.807, 2.05) is 24.3 Å². The number of nitrogens with one attached hydrogen (secondary N) is 2. The smallest absolute Gasteiger partial charge is 0.409 e. The van der Waals surface area contributed by atoms with Crippen LogP contribution in [0.2, 0.25) is 0 Å². The van der Waals surface area contributed by atoms with Gasteiger partial charge in [0.05, 0.1) is 12.1 Å². The maximum absolute atomic E-state index is 13.4. The van der Waals surface area contributed by atoms with Crippen molar-refractivity contribution in [3.05, 3.63) is 124 Å². The fourth-order valence-electron chi connectivity index (χ4n) is 6.06. The van der Waals surface area contributed by atoms with E-state index in [1.165, 1.54) is 15.5 Å². The molecule has 6 rings (SSSR count). The highest BCUT2D eigenvalue weighted by atomic mass is 16.6. The van der Waals surface area contributed by atoms with Crippen molar-refractivity contribution in [2.75, 3.05) is 19.7 Å². The molecule has 1 aliphatic carbocycles. The Bertz CT molecular complexity index is 1780. The molecular weight excluding hydrogens is 584 g/mol. The van der Waals surface area contributed by atoms with Gasteiger partial charge in [-0.05, 0) is 73.4 Å². The second-order valence-corrected chi connectivity index (χ2v) is 12.5. The predicted molar refractivity (Wildman–Crippen MR) is 173 cm³/mol. The summed E-state index contributed by atoms with van der Waals surface area (Å²) in [5.74, 6) is -0.484. The normalized spacial score (nSPS) is 17.2. The SMILES string of the molecule is CC(C)(C)OC(=O)N[C@@H]1CN(C(=O)OCC2c3ccccc3-c3ccccc32)CC1NC(=O)c1ccc(-n2ccccc2=O)cc1. The lowest BCUT2D eigenvalue weighted by atomic mass is 9.98. The summed E-state index contributed by atoms with van der Waals surface area (Å²) in [4.78, 5) is 53.1. The maximum atomic E-state index is 13.4. The Labute approximate surface area is 266 Å². The van der Waals surface area contributed by atoms with E-state index in [4.69, 9.17) is 9.47 Å². The summed E-state index contributed by atoms with van der Waals surface area (Å²) in [5, 5.41) is 5.79. The summed E-state index contributed by atoms with van der Waals surface area (Å²) in [6.45, 7) is 5.68. The minimum atomic E-state index is -0.726. The van der Waals surface area contributed by atoms with Crippen LogP contribution in [0.4, 0.5) is 9.59 Å². The zero-order valence-corrected chi connectivity index (χ0v) is 25.9. The molecule has 0 radical (unpaired) electrons. The van der Waals surface area contributed by atoms with Crippen LogP contribution in [-0.4, -0.2) is 64.9 Å². The van der Waals surface area contributed by atoms with Gasteiger partial charge in [-0.15, -0.1) is 0 Å². The van der Waals surface area contributed by atoms with Crippen LogP contribution in [0.25, 0.3) is 16.8 Å². The first-order chi connectivity index (χ1) is 22.1. The van der Waals surface area contributed by atoms with Gasteiger partial charge in [0.25, 0.3) is 11.5 Å². The van der Waals surface area contributed by atoms with Crippen molar-refractivity contribution in [2.45, 2.75) is 44.4 Å². The number of ether oxygens (including phenoxy) is 2. The van der Waals surface area contributed by atoms with Crippen molar-refractivity contribution >= 4 is 18.1 Å². The molecular formula is C36H36N4O6. The first-order valence-corrected chi connectivity index (χ1v) is 15.3. The average molecular weight is 621 g/mol. The summed E-state index contributed by atoms with van der Waals surface area (Å²) in [6, 6.07) is 26.5. The molecule has 236 valence electrons. The Kier molecular flexibility index (Phi) is 8.36. The van der Waals surface area contributed by atoms with Gasteiger partial charge in [0, 0.05) is 42.5 Å². The number of carbonyl (C=O) groups excluding carboxylic acids is 3. The van der Waals surface area contributed by atoms with Crippen LogP contribution >= 0.6 is 0 Å². The number of likely N-dealkylation sites (tertiary alicyclic amines) is 1. The number of aromatic nitrogens is 1. The number of benzene rings is 3. The number of alkyl carbamates (subject to hydrolysis) is 1. The lowest BCUT2D eigenvalue weighted by Gasteiger charge is -2.24. The highest BCUT2D eigenvalue weighted by Crippen LogP contribution is 2.44. The fourth-order valence-corrected chi connectivity index (χ4v) is 6.06. The third-order valence-electron chi connectivity index (χ3n) is 8.16. The molecule has 3 amide bonds. The quantitative estimate of drug-likeness (QED) is 0.310. The summed E-state index contributed by atoms with van der Waals surface area (Å²) in [5.41, 5.74) is 4.55. The van der Waals surface area contributed by atoms with Crippen LogP contribution in [0.3, 0.4) is 0 Å². The summed E-state index contributed by atoms with van der Waals surface area (Å²) < 4.78 is 12.8. The zero-order valence-electron chi connectivity index (χ0n) is 25.9. The molecule has 2 aliphatic rings. The molecule has 2 atom stereocenters. The number of amides is 3. The number of hydrogen-bond acceptors (Lipinski definition) is 6. The van der Waals surface area contributed by atoms with Gasteiger partial charge in [-0.2, -0.15) is 0 Å². The number of rotatable bonds is 6. The largest absolute Gasteiger partial charge is 0.448 e. The molecule has 1 aliphatic heterocycles. The van der Waals surface area contributed by atoms with Crippen LogP contribution in [0, 0.1) is 0 Å². The maximum Gasteiger partial charge on any atom is 0.409 e. The number of hydrogen-bond donors (Lipinski definition) is 2. The lowest BCUT2D eigenvalue weighted by Crippen LogP contribution is -2.51. The summed E-state index contributed by atoms with van der Waals surface area (Å²) >= 11 is 0. The standard InChI is InChI=1S/C36H36N4O6/c1-36(2,3)46-34(43)38-31-21-39(35(44)45-22-29-27-12-6-4-10-25(27)26-11-5-7-13-28(26)29)20-30(31)37-33(42)23-15-17-24(18-16-23)40-19-9-8-14-32(40)41/h4-19,29-31H,20-22H2,1-3H3,(H,37,42)(H,38,43)/t30?,31-/m1/s1. The molecule has 1 unspecified atom stereocenters. The van der Waals surface area contributed by atoms with Crippen LogP contribution in [-0.2, 0) is 9.47 Å². The van der Waals surface area contributed by atoms with E-state index in [-0.39, 0.29) is 37.1 Å². The van der Waals surface area contributed by atoms with Crippen molar-refractivity contribution in [2.24, 2.45) is 0 Å². The highest BCUT2D eigenvalue weighted by Gasteiger charge is 2.39. The molecule has 2 heterocycles. The van der Waals surface area contributed by atoms with Crippen molar-refractivity contribution in [3.63, 3.8) is 0 Å². The molecule has 1 aromatic heterocycles. The van der Waals surface area contributed by atoms with Crippen molar-refractivity contribution in [3.8, 4) is 16.8 Å². The van der Waals surface area contributed by atoms with Crippen LogP contribution < -0.4 is 16.2 Å². The fraction of sp³-hybridized carbons (Fsp3) is 0.278. The topological polar surface area (TPSA) is 119 Å². The van der Waals surface area contributed by atoms with E-state index in [0.717, 1.165) is 22.3 Å². The van der Waals surface area contributed by atoms with Gasteiger partial charge in [-0.1, -0.05) is 54.6 Å². The monoisotopic (exact) mass is 620 g/mol. The molecule has 0 spiro atoms. The molecule has 10 nitrogen and oxygen atoms in total. The zero-order chi connectivity index (χ0) is 32.4. The van der Waals surface area contributed by atoms with Gasteiger partial charge < -0.3 is 25.0 Å². The molecule has 1 fully saturated rings. The van der Waals surface area contributed by atoms with Gasteiger partial charge in [-0.25, -0.2) is 9.59 Å². The van der Waals surface area contributed by atoms with Gasteiger partial charge in [0.2, 0.25) is 0 Å². The molecule has 46 heavy (non-hydrogen) atoms. The predicted octanol–water partition coefficient (Wildman–Crippen LogP) is 5.09. The molecule has 3 aromatic carbocycles. The Balaban J connectivity index is 1.15. The minimum Gasteiger partial charge on any atom is -0.448 e. The van der Waals surface area contributed by atoms with Crippen molar-refractivity contribution in [1.29, 1.82) is 0 Å². The number of fused-ring (bicyclic) bond motifs is 3. The number of pyridine rings is 1. The summed E-state index contributed by atoms with van der Waals surface area (Å²) in [7, 11) is 0. The third-order valence-corrected chi connectivity index (χ3v) is 8.16. The third kappa shape index (κ3) is 6.51. The van der Waals surface area contributed by atoms with E-state index < -0.39 is 29.9 Å². The van der Waals surface area contributed by atoms with Gasteiger partial charge in [0.1, 0.15) is 12.2 Å². The molecule has 1 saturated heterocycles. The van der Waals surface area contributed by atoms with E-state index in [1.54, 1.807) is 63.4 Å². The Hall–Kier alpha value is -5.38. The second-order valence-electron chi connectivity index (χ2n) is 12.5. The van der Waals surface area contributed by atoms with E-state index in [2.05, 4.69) is 34.9 Å². The van der Waals surface area contributed by atoms with Gasteiger partial charge in [0.15, 0.2) is 0 Å². The van der Waals surface area contributed by atoms with E-state index in [0.29, 0.717) is 11.3 Å². The summed E-state index contributed by atoms with van der Waals surface area (Å²) in [6.07, 6.45) is 0.469. The Morgan fingerprint density at radius 2 is 1.37 bits per heavy atom. The molecule has 4 aromatic rings. The Morgan fingerprint density at radius 1 is 0.783 bits per heavy atom. The van der Waals surface area contributed by atoms with Crippen LogP contribution in [0.5, 0.6) is 0 Å². The van der Waals surface area contributed by atoms with Gasteiger partial charge in [-0.3, -0.25) is 14.2 Å². The van der Waals surface area contributed by atoms with Crippen molar-refractivity contribution < 1.29 is 23.9 Å².